The van der Waals surface area contributed by atoms with Gasteiger partial charge < -0.3 is 14.8 Å². The highest BCUT2D eigenvalue weighted by Crippen LogP contribution is 2.37. The maximum Gasteiger partial charge on any atom is 0.116 e. The molecule has 3 N–H and O–H groups in total. The van der Waals surface area contributed by atoms with Crippen molar-refractivity contribution >= 4 is 5.69 Å². The Morgan fingerprint density at radius 1 is 1.64 bits per heavy atom. The van der Waals surface area contributed by atoms with Gasteiger partial charge in [-0.05, 0) is 23.8 Å². The summed E-state index contributed by atoms with van der Waals surface area (Å²) in [5.41, 5.74) is 2.25. The average molecular weight is 194 g/mol. The number of nitrogens with two attached hydrogens (primary N) is 1. The number of hydrogen-bond donors (Lipinski definition) is 2. The highest BCUT2D eigenvalue weighted by molar-refractivity contribution is 5.61. The first-order valence-corrected chi connectivity index (χ1v) is 4.58. The molecule has 0 radical (unpaired) electrons. The zero-order valence-corrected chi connectivity index (χ0v) is 8.10. The van der Waals surface area contributed by atoms with Crippen molar-refractivity contribution < 1.29 is 9.94 Å². The van der Waals surface area contributed by atoms with Crippen LogP contribution < -0.4 is 10.8 Å². The predicted octanol–water partition coefficient (Wildman–Crippen LogP) is 0.816. The van der Waals surface area contributed by atoms with Gasteiger partial charge in [0.05, 0.1) is 6.61 Å². The number of phenolic OH excluding ortho intramolecular Hbond substituents is 1. The SMILES string of the molecule is CN1CC(CON)c2cc(O)ccc21. The minimum absolute atomic E-state index is 0.257. The molecule has 0 saturated heterocycles. The molecular weight excluding hydrogens is 180 g/mol. The molecule has 0 aromatic heterocycles. The fourth-order valence-electron chi connectivity index (χ4n) is 2.00. The third kappa shape index (κ3) is 1.42. The third-order valence-corrected chi connectivity index (χ3v) is 2.65. The van der Waals surface area contributed by atoms with Crippen LogP contribution in [0, 0.1) is 0 Å². The lowest BCUT2D eigenvalue weighted by atomic mass is 10.0. The Balaban J connectivity index is 2.35. The lowest BCUT2D eigenvalue weighted by Gasteiger charge is -2.11. The molecule has 4 nitrogen and oxygen atoms in total. The number of benzene rings is 1. The van der Waals surface area contributed by atoms with Gasteiger partial charge in [0, 0.05) is 25.2 Å². The molecule has 0 aliphatic carbocycles. The summed E-state index contributed by atoms with van der Waals surface area (Å²) >= 11 is 0. The second kappa shape index (κ2) is 3.48. The summed E-state index contributed by atoms with van der Waals surface area (Å²) in [6.07, 6.45) is 0. The van der Waals surface area contributed by atoms with Crippen LogP contribution in [-0.2, 0) is 4.84 Å². The van der Waals surface area contributed by atoms with Crippen molar-refractivity contribution in [2.75, 3.05) is 25.1 Å². The third-order valence-electron chi connectivity index (χ3n) is 2.65. The van der Waals surface area contributed by atoms with Gasteiger partial charge in [0.25, 0.3) is 0 Å². The Hall–Kier alpha value is -1.26. The quantitative estimate of drug-likeness (QED) is 0.684. The number of rotatable bonds is 2. The van der Waals surface area contributed by atoms with Crippen LogP contribution in [0.2, 0.25) is 0 Å². The maximum absolute atomic E-state index is 9.38. The maximum atomic E-state index is 9.38. The first-order valence-electron chi connectivity index (χ1n) is 4.58. The van der Waals surface area contributed by atoms with Crippen molar-refractivity contribution in [1.82, 2.24) is 0 Å². The summed E-state index contributed by atoms with van der Waals surface area (Å²) in [7, 11) is 2.02. The van der Waals surface area contributed by atoms with Crippen LogP contribution in [0.15, 0.2) is 18.2 Å². The number of anilines is 1. The Bertz CT molecular complexity index is 341. The first-order chi connectivity index (χ1) is 6.72. The molecule has 1 aromatic rings. The molecule has 1 aliphatic heterocycles. The molecule has 0 saturated carbocycles. The molecule has 0 fully saturated rings. The molecule has 14 heavy (non-hydrogen) atoms. The summed E-state index contributed by atoms with van der Waals surface area (Å²) in [6.45, 7) is 1.37. The van der Waals surface area contributed by atoms with Crippen LogP contribution in [0.3, 0.4) is 0 Å². The van der Waals surface area contributed by atoms with E-state index in [1.165, 1.54) is 0 Å². The first kappa shape index (κ1) is 9.30. The van der Waals surface area contributed by atoms with E-state index in [1.54, 1.807) is 12.1 Å². The van der Waals surface area contributed by atoms with E-state index in [2.05, 4.69) is 9.74 Å². The highest BCUT2D eigenvalue weighted by Gasteiger charge is 2.26. The number of nitrogens with zero attached hydrogens (tertiary/aromatic N) is 1. The number of likely N-dealkylation sites (N-methyl/N-ethyl adjacent to an activating group) is 1. The van der Waals surface area contributed by atoms with E-state index in [-0.39, 0.29) is 5.92 Å². The van der Waals surface area contributed by atoms with E-state index >= 15 is 0 Å². The monoisotopic (exact) mass is 194 g/mol. The number of fused-ring (bicyclic) bond motifs is 1. The fourth-order valence-corrected chi connectivity index (χ4v) is 2.00. The van der Waals surface area contributed by atoms with Crippen LogP contribution in [0.4, 0.5) is 5.69 Å². The average Bonchev–Trinajstić information content (AvgIpc) is 2.44. The Morgan fingerprint density at radius 2 is 2.43 bits per heavy atom. The molecule has 2 rings (SSSR count). The van der Waals surface area contributed by atoms with Gasteiger partial charge in [-0.1, -0.05) is 0 Å². The summed E-state index contributed by atoms with van der Waals surface area (Å²) in [5.74, 6) is 5.62. The predicted molar refractivity (Wildman–Crippen MR) is 54.3 cm³/mol. The minimum atomic E-state index is 0.257. The van der Waals surface area contributed by atoms with Crippen molar-refractivity contribution in [3.8, 4) is 5.75 Å². The van der Waals surface area contributed by atoms with Crippen molar-refractivity contribution in [2.45, 2.75) is 5.92 Å². The smallest absolute Gasteiger partial charge is 0.116 e. The molecule has 0 amide bonds. The molecule has 1 heterocycles. The van der Waals surface area contributed by atoms with Crippen molar-refractivity contribution in [1.29, 1.82) is 0 Å². The highest BCUT2D eigenvalue weighted by atomic mass is 16.6. The van der Waals surface area contributed by atoms with Crippen LogP contribution in [-0.4, -0.2) is 25.3 Å². The molecule has 1 atom stereocenters. The summed E-state index contributed by atoms with van der Waals surface area (Å²) in [5, 5.41) is 9.38. The van der Waals surface area contributed by atoms with Gasteiger partial charge >= 0.3 is 0 Å². The molecule has 1 unspecified atom stereocenters. The second-order valence-electron chi connectivity index (χ2n) is 3.65. The minimum Gasteiger partial charge on any atom is -0.508 e. The molecule has 4 heteroatoms. The number of hydrogen-bond acceptors (Lipinski definition) is 4. The molecule has 0 bridgehead atoms. The molecule has 0 spiro atoms. The Labute approximate surface area is 82.8 Å². The fraction of sp³-hybridized carbons (Fsp3) is 0.400. The van der Waals surface area contributed by atoms with Crippen molar-refractivity contribution in [3.63, 3.8) is 0 Å². The summed E-state index contributed by atoms with van der Waals surface area (Å²) in [6, 6.07) is 5.39. The van der Waals surface area contributed by atoms with Crippen LogP contribution in [0.5, 0.6) is 5.75 Å². The second-order valence-corrected chi connectivity index (χ2v) is 3.65. The van der Waals surface area contributed by atoms with Crippen molar-refractivity contribution in [2.24, 2.45) is 5.90 Å². The standard InChI is InChI=1S/C10H14N2O2/c1-12-5-7(6-14-11)9-4-8(13)2-3-10(9)12/h2-4,7,13H,5-6,11H2,1H3. The lowest BCUT2D eigenvalue weighted by molar-refractivity contribution is 0.126. The lowest BCUT2D eigenvalue weighted by Crippen LogP contribution is -2.19. The van der Waals surface area contributed by atoms with E-state index in [0.29, 0.717) is 12.4 Å². The summed E-state index contributed by atoms with van der Waals surface area (Å²) in [4.78, 5) is 6.80. The van der Waals surface area contributed by atoms with E-state index < -0.39 is 0 Å². The number of aromatic hydroxyl groups is 1. The van der Waals surface area contributed by atoms with E-state index in [4.69, 9.17) is 5.90 Å². The van der Waals surface area contributed by atoms with Crippen LogP contribution in [0.25, 0.3) is 0 Å². The number of phenols is 1. The Kier molecular flexibility index (Phi) is 2.31. The van der Waals surface area contributed by atoms with E-state index in [9.17, 15) is 5.11 Å². The van der Waals surface area contributed by atoms with Gasteiger partial charge in [-0.15, -0.1) is 0 Å². The zero-order valence-electron chi connectivity index (χ0n) is 8.10. The molecule has 76 valence electrons. The van der Waals surface area contributed by atoms with Gasteiger partial charge in [-0.2, -0.15) is 0 Å². The van der Waals surface area contributed by atoms with E-state index in [1.807, 2.05) is 13.1 Å². The molecular formula is C10H14N2O2. The van der Waals surface area contributed by atoms with Crippen LogP contribution in [0.1, 0.15) is 11.5 Å². The van der Waals surface area contributed by atoms with Gasteiger partial charge in [-0.25, -0.2) is 5.90 Å². The topological polar surface area (TPSA) is 58.7 Å². The van der Waals surface area contributed by atoms with Crippen molar-refractivity contribution in [3.05, 3.63) is 23.8 Å². The van der Waals surface area contributed by atoms with Gasteiger partial charge in [0.15, 0.2) is 0 Å². The normalized spacial score (nSPS) is 19.9. The summed E-state index contributed by atoms with van der Waals surface area (Å²) < 4.78 is 0. The van der Waals surface area contributed by atoms with Gasteiger partial charge in [-0.3, -0.25) is 0 Å². The largest absolute Gasteiger partial charge is 0.508 e. The Morgan fingerprint density at radius 3 is 3.14 bits per heavy atom. The molecule has 1 aliphatic rings. The van der Waals surface area contributed by atoms with Crippen LogP contribution >= 0.6 is 0 Å². The van der Waals surface area contributed by atoms with Gasteiger partial charge in [0.1, 0.15) is 5.75 Å². The van der Waals surface area contributed by atoms with Gasteiger partial charge in [0.2, 0.25) is 0 Å². The van der Waals surface area contributed by atoms with E-state index in [0.717, 1.165) is 17.8 Å². The molecule has 1 aromatic carbocycles. The zero-order chi connectivity index (χ0) is 10.1.